The van der Waals surface area contributed by atoms with Crippen LogP contribution in [-0.2, 0) is 0 Å². The Morgan fingerprint density at radius 2 is 1.97 bits per heavy atom. The fourth-order valence-electron chi connectivity index (χ4n) is 4.05. The largest absolute Gasteiger partial charge is 0.353 e. The van der Waals surface area contributed by atoms with Gasteiger partial charge in [-0.15, -0.1) is 0 Å². The number of nitrogens with zero attached hydrogens (tertiary/aromatic N) is 3. The molecule has 2 aromatic rings. The first-order chi connectivity index (χ1) is 15.0. The number of halogens is 2. The zero-order valence-electron chi connectivity index (χ0n) is 17.8. The molecule has 4 rings (SSSR count). The molecular weight excluding hydrogens is 400 g/mol. The molecule has 1 saturated heterocycles. The second-order valence-corrected chi connectivity index (χ2v) is 8.09. The lowest BCUT2D eigenvalue weighted by Crippen LogP contribution is -2.29. The number of aromatic nitrogens is 1. The van der Waals surface area contributed by atoms with Gasteiger partial charge in [-0.1, -0.05) is 6.08 Å². The summed E-state index contributed by atoms with van der Waals surface area (Å²) in [6.45, 7) is 1.76. The summed E-state index contributed by atoms with van der Waals surface area (Å²) < 4.78 is 31.8. The highest BCUT2D eigenvalue weighted by atomic mass is 19.1. The van der Waals surface area contributed by atoms with E-state index >= 15 is 4.39 Å². The normalized spacial score (nSPS) is 19.5. The third-order valence-electron chi connectivity index (χ3n) is 5.68. The van der Waals surface area contributed by atoms with Gasteiger partial charge in [0.2, 0.25) is 0 Å². The maximum Gasteiger partial charge on any atom is 0.253 e. The van der Waals surface area contributed by atoms with E-state index in [0.29, 0.717) is 29.9 Å². The van der Waals surface area contributed by atoms with Crippen molar-refractivity contribution in [2.24, 2.45) is 4.99 Å². The van der Waals surface area contributed by atoms with Gasteiger partial charge in [-0.25, -0.2) is 13.8 Å². The summed E-state index contributed by atoms with van der Waals surface area (Å²) in [6.07, 6.45) is 8.36. The van der Waals surface area contributed by atoms with Crippen LogP contribution in [0.4, 0.5) is 20.3 Å². The Hall–Kier alpha value is -3.00. The van der Waals surface area contributed by atoms with Crippen molar-refractivity contribution in [2.45, 2.75) is 31.7 Å². The van der Waals surface area contributed by atoms with Crippen molar-refractivity contribution < 1.29 is 13.6 Å². The fourth-order valence-corrected chi connectivity index (χ4v) is 4.05. The van der Waals surface area contributed by atoms with Crippen molar-refractivity contribution in [3.05, 3.63) is 53.2 Å². The van der Waals surface area contributed by atoms with Crippen LogP contribution in [0.15, 0.2) is 35.5 Å². The number of piperidine rings is 1. The van der Waals surface area contributed by atoms with Crippen LogP contribution in [0.25, 0.3) is 5.70 Å². The number of aliphatic imine (C=N–C) groups is 1. The van der Waals surface area contributed by atoms with Crippen LogP contribution in [0.3, 0.4) is 0 Å². The average Bonchev–Trinajstić information content (AvgIpc) is 3.07. The molecule has 0 radical (unpaired) electrons. The molecule has 0 saturated carbocycles. The summed E-state index contributed by atoms with van der Waals surface area (Å²) in [7, 11) is 3.23. The molecule has 0 bridgehead atoms. The molecular formula is C23H27F2N5O. The van der Waals surface area contributed by atoms with Crippen LogP contribution in [0.1, 0.15) is 47.6 Å². The van der Waals surface area contributed by atoms with E-state index in [9.17, 15) is 9.18 Å². The van der Waals surface area contributed by atoms with Gasteiger partial charge in [-0.3, -0.25) is 4.79 Å². The van der Waals surface area contributed by atoms with Gasteiger partial charge >= 0.3 is 0 Å². The maximum atomic E-state index is 15.1. The number of amides is 1. The third kappa shape index (κ3) is 4.39. The smallest absolute Gasteiger partial charge is 0.253 e. The SMILES string of the molecule is CN(C)C(=O)c1ccc(N/C2=C/CC/C=N\c3c2c(F)cn3C2CCNCC2)c(F)c1. The van der Waals surface area contributed by atoms with Gasteiger partial charge < -0.3 is 20.1 Å². The minimum atomic E-state index is -0.570. The standard InChI is InChI=1S/C23H27F2N5O/c1-29(2)23(31)15-6-7-19(17(24)13-15)28-20-5-3-4-10-27-22-21(20)18(25)14-30(22)16-8-11-26-12-9-16/h5-7,10,13-14,16,26,28H,3-4,8-9,11-12H2,1-2H3/b20-5+,27-10-. The number of anilines is 1. The summed E-state index contributed by atoms with van der Waals surface area (Å²) in [6, 6.07) is 4.44. The van der Waals surface area contributed by atoms with Crippen LogP contribution in [0.2, 0.25) is 0 Å². The summed E-state index contributed by atoms with van der Waals surface area (Å²) >= 11 is 0. The summed E-state index contributed by atoms with van der Waals surface area (Å²) in [5, 5.41) is 6.37. The second kappa shape index (κ2) is 9.01. The number of fused-ring (bicyclic) bond motifs is 1. The Labute approximate surface area is 180 Å². The Morgan fingerprint density at radius 3 is 2.68 bits per heavy atom. The number of allylic oxidation sites excluding steroid dienone is 1. The predicted octanol–water partition coefficient (Wildman–Crippen LogP) is 4.34. The van der Waals surface area contributed by atoms with Gasteiger partial charge in [0.25, 0.3) is 5.91 Å². The molecule has 31 heavy (non-hydrogen) atoms. The minimum absolute atomic E-state index is 0.172. The molecule has 1 aromatic heterocycles. The highest BCUT2D eigenvalue weighted by Gasteiger charge is 2.26. The first-order valence-electron chi connectivity index (χ1n) is 10.6. The monoisotopic (exact) mass is 427 g/mol. The first kappa shape index (κ1) is 21.2. The number of hydrogen-bond acceptors (Lipinski definition) is 4. The molecule has 0 spiro atoms. The zero-order chi connectivity index (χ0) is 22.0. The lowest BCUT2D eigenvalue weighted by molar-refractivity contribution is 0.0827. The summed E-state index contributed by atoms with van der Waals surface area (Å²) in [5.41, 5.74) is 1.28. The van der Waals surface area contributed by atoms with Gasteiger partial charge in [-0.2, -0.15) is 0 Å². The number of nitrogens with one attached hydrogen (secondary N) is 2. The van der Waals surface area contributed by atoms with Gasteiger partial charge in [-0.05, 0) is 57.0 Å². The molecule has 0 atom stereocenters. The quantitative estimate of drug-likeness (QED) is 0.763. The van der Waals surface area contributed by atoms with Crippen LogP contribution in [0.5, 0.6) is 0 Å². The number of hydrogen-bond donors (Lipinski definition) is 2. The zero-order valence-corrected chi connectivity index (χ0v) is 17.8. The number of rotatable bonds is 4. The van der Waals surface area contributed by atoms with Crippen molar-refractivity contribution in [1.29, 1.82) is 0 Å². The summed E-state index contributed by atoms with van der Waals surface area (Å²) in [5.74, 6) is -0.676. The number of benzene rings is 1. The van der Waals surface area contributed by atoms with Crippen molar-refractivity contribution in [3.63, 3.8) is 0 Å². The second-order valence-electron chi connectivity index (χ2n) is 8.09. The highest BCUT2D eigenvalue weighted by Crippen LogP contribution is 2.37. The number of carbonyl (C=O) groups is 1. The Kier molecular flexibility index (Phi) is 6.18. The van der Waals surface area contributed by atoms with Crippen molar-refractivity contribution in [1.82, 2.24) is 14.8 Å². The summed E-state index contributed by atoms with van der Waals surface area (Å²) in [4.78, 5) is 18.1. The van der Waals surface area contributed by atoms with E-state index in [0.717, 1.165) is 25.9 Å². The third-order valence-corrected chi connectivity index (χ3v) is 5.68. The van der Waals surface area contributed by atoms with E-state index in [1.54, 1.807) is 20.2 Å². The first-order valence-corrected chi connectivity index (χ1v) is 10.6. The molecule has 1 amide bonds. The molecule has 1 aromatic carbocycles. The Morgan fingerprint density at radius 1 is 1.19 bits per heavy atom. The topological polar surface area (TPSA) is 61.7 Å². The Bertz CT molecular complexity index is 1030. The van der Waals surface area contributed by atoms with Crippen molar-refractivity contribution in [3.8, 4) is 0 Å². The van der Waals surface area contributed by atoms with Gasteiger partial charge in [0.05, 0.1) is 11.3 Å². The van der Waals surface area contributed by atoms with Crippen LogP contribution in [-0.4, -0.2) is 48.8 Å². The van der Waals surface area contributed by atoms with Gasteiger partial charge in [0.15, 0.2) is 5.82 Å². The van der Waals surface area contributed by atoms with Crippen LogP contribution >= 0.6 is 0 Å². The Balaban J connectivity index is 1.68. The minimum Gasteiger partial charge on any atom is -0.353 e. The lowest BCUT2D eigenvalue weighted by Gasteiger charge is -2.25. The lowest BCUT2D eigenvalue weighted by atomic mass is 10.1. The van der Waals surface area contributed by atoms with E-state index in [1.807, 2.05) is 16.9 Å². The molecule has 164 valence electrons. The predicted molar refractivity (Wildman–Crippen MR) is 119 cm³/mol. The van der Waals surface area contributed by atoms with Crippen molar-refractivity contribution in [2.75, 3.05) is 32.5 Å². The van der Waals surface area contributed by atoms with Crippen LogP contribution < -0.4 is 10.6 Å². The molecule has 3 heterocycles. The van der Waals surface area contributed by atoms with E-state index < -0.39 is 5.82 Å². The molecule has 0 unspecified atom stereocenters. The molecule has 1 fully saturated rings. The molecule has 2 aliphatic rings. The van der Waals surface area contributed by atoms with Gasteiger partial charge in [0, 0.05) is 43.8 Å². The van der Waals surface area contributed by atoms with E-state index in [1.165, 1.54) is 23.2 Å². The molecule has 2 N–H and O–H groups in total. The van der Waals surface area contributed by atoms with E-state index in [2.05, 4.69) is 15.6 Å². The molecule has 8 heteroatoms. The highest BCUT2D eigenvalue weighted by molar-refractivity contribution is 5.94. The maximum absolute atomic E-state index is 15.1. The van der Waals surface area contributed by atoms with E-state index in [-0.39, 0.29) is 29.0 Å². The molecule has 2 aliphatic heterocycles. The fraction of sp³-hybridized carbons (Fsp3) is 0.391. The van der Waals surface area contributed by atoms with E-state index in [4.69, 9.17) is 0 Å². The number of carbonyl (C=O) groups excluding carboxylic acids is 1. The molecule has 6 nitrogen and oxygen atoms in total. The average molecular weight is 427 g/mol. The molecule has 0 aliphatic carbocycles. The van der Waals surface area contributed by atoms with Crippen LogP contribution in [0, 0.1) is 11.6 Å². The van der Waals surface area contributed by atoms with Gasteiger partial charge in [0.1, 0.15) is 11.6 Å². The van der Waals surface area contributed by atoms with Crippen molar-refractivity contribution >= 4 is 29.3 Å².